The van der Waals surface area contributed by atoms with Crippen LogP contribution in [0.25, 0.3) is 0 Å². The van der Waals surface area contributed by atoms with Crippen molar-refractivity contribution in [2.45, 2.75) is 29.5 Å². The molecular formula is C16H16BrCl2NS. The first-order valence-electron chi connectivity index (χ1n) is 6.64. The summed E-state index contributed by atoms with van der Waals surface area (Å²) in [6, 6.07) is 13.9. The summed E-state index contributed by atoms with van der Waals surface area (Å²) in [4.78, 5) is 1.06. The van der Waals surface area contributed by atoms with E-state index in [-0.39, 0.29) is 11.3 Å². The monoisotopic (exact) mass is 403 g/mol. The van der Waals surface area contributed by atoms with Crippen molar-refractivity contribution in [3.05, 3.63) is 62.5 Å². The van der Waals surface area contributed by atoms with E-state index in [1.807, 2.05) is 36.4 Å². The molecule has 21 heavy (non-hydrogen) atoms. The van der Waals surface area contributed by atoms with Gasteiger partial charge < -0.3 is 5.73 Å². The smallest absolute Gasteiger partial charge is 0.0603 e. The summed E-state index contributed by atoms with van der Waals surface area (Å²) >= 11 is 17.4. The van der Waals surface area contributed by atoms with Crippen LogP contribution in [0, 0.1) is 0 Å². The van der Waals surface area contributed by atoms with Gasteiger partial charge in [0.1, 0.15) is 0 Å². The Morgan fingerprint density at radius 3 is 2.48 bits per heavy atom. The first kappa shape index (κ1) is 17.2. The van der Waals surface area contributed by atoms with Crippen molar-refractivity contribution >= 4 is 50.9 Å². The van der Waals surface area contributed by atoms with E-state index >= 15 is 0 Å². The number of halogens is 3. The maximum atomic E-state index is 6.33. The van der Waals surface area contributed by atoms with Gasteiger partial charge in [-0.25, -0.2) is 0 Å². The van der Waals surface area contributed by atoms with Crippen molar-refractivity contribution in [3.63, 3.8) is 0 Å². The van der Waals surface area contributed by atoms with Crippen molar-refractivity contribution in [2.24, 2.45) is 5.73 Å². The first-order chi connectivity index (χ1) is 10.0. The molecule has 0 aromatic heterocycles. The van der Waals surface area contributed by atoms with Gasteiger partial charge in [-0.1, -0.05) is 64.3 Å². The van der Waals surface area contributed by atoms with Crippen LogP contribution in [0.4, 0.5) is 0 Å². The van der Waals surface area contributed by atoms with E-state index in [4.69, 9.17) is 28.9 Å². The summed E-state index contributed by atoms with van der Waals surface area (Å²) in [6.45, 7) is 2.10. The van der Waals surface area contributed by atoms with Crippen LogP contribution in [0.3, 0.4) is 0 Å². The number of rotatable bonds is 5. The number of benzene rings is 2. The van der Waals surface area contributed by atoms with Gasteiger partial charge in [-0.15, -0.1) is 11.8 Å². The van der Waals surface area contributed by atoms with Gasteiger partial charge >= 0.3 is 0 Å². The highest BCUT2D eigenvalue weighted by atomic mass is 79.9. The SMILES string of the molecule is CCC(N)C(Sc1ccc(Cl)c(Cl)c1)c1ccccc1Br. The van der Waals surface area contributed by atoms with E-state index in [0.717, 1.165) is 15.8 Å². The second kappa shape index (κ2) is 7.89. The Morgan fingerprint density at radius 2 is 1.86 bits per heavy atom. The lowest BCUT2D eigenvalue weighted by Crippen LogP contribution is -2.25. The molecule has 0 spiro atoms. The molecule has 0 bridgehead atoms. The quantitative estimate of drug-likeness (QED) is 0.589. The second-order valence-electron chi connectivity index (χ2n) is 4.71. The summed E-state index contributed by atoms with van der Waals surface area (Å²) in [5, 5.41) is 1.29. The number of thioether (sulfide) groups is 1. The molecule has 0 heterocycles. The van der Waals surface area contributed by atoms with Gasteiger partial charge in [-0.3, -0.25) is 0 Å². The van der Waals surface area contributed by atoms with E-state index in [1.54, 1.807) is 11.8 Å². The molecule has 0 fully saturated rings. The average molecular weight is 405 g/mol. The Hall–Kier alpha value is -0.190. The second-order valence-corrected chi connectivity index (χ2v) is 7.59. The van der Waals surface area contributed by atoms with E-state index < -0.39 is 0 Å². The van der Waals surface area contributed by atoms with Gasteiger partial charge in [0.25, 0.3) is 0 Å². The summed E-state index contributed by atoms with van der Waals surface area (Å²) in [5.41, 5.74) is 7.53. The van der Waals surface area contributed by atoms with Gasteiger partial charge in [0, 0.05) is 15.4 Å². The molecule has 0 amide bonds. The number of nitrogens with two attached hydrogens (primary N) is 1. The van der Waals surface area contributed by atoms with E-state index in [2.05, 4.69) is 28.9 Å². The topological polar surface area (TPSA) is 26.0 Å². The van der Waals surface area contributed by atoms with Gasteiger partial charge in [-0.05, 0) is 36.2 Å². The predicted octanol–water partition coefficient (Wildman–Crippen LogP) is 6.33. The lowest BCUT2D eigenvalue weighted by molar-refractivity contribution is 0.633. The molecule has 5 heteroatoms. The standard InChI is InChI=1S/C16H16BrCl2NS/c1-2-15(20)16(11-5-3-4-6-12(11)17)21-10-7-8-13(18)14(19)9-10/h3-9,15-16H,2,20H2,1H3. The molecule has 2 atom stereocenters. The van der Waals surface area contributed by atoms with Crippen molar-refractivity contribution in [2.75, 3.05) is 0 Å². The van der Waals surface area contributed by atoms with Crippen LogP contribution in [0.1, 0.15) is 24.2 Å². The third kappa shape index (κ3) is 4.40. The molecule has 0 saturated heterocycles. The van der Waals surface area contributed by atoms with E-state index in [9.17, 15) is 0 Å². The summed E-state index contributed by atoms with van der Waals surface area (Å²) < 4.78 is 1.08. The van der Waals surface area contributed by atoms with Gasteiger partial charge in [-0.2, -0.15) is 0 Å². The van der Waals surface area contributed by atoms with Crippen LogP contribution >= 0.6 is 50.9 Å². The zero-order valence-electron chi connectivity index (χ0n) is 11.5. The van der Waals surface area contributed by atoms with Crippen LogP contribution in [0.2, 0.25) is 10.0 Å². The molecule has 2 N–H and O–H groups in total. The molecule has 112 valence electrons. The lowest BCUT2D eigenvalue weighted by Gasteiger charge is -2.24. The predicted molar refractivity (Wildman–Crippen MR) is 97.5 cm³/mol. The van der Waals surface area contributed by atoms with Crippen LogP contribution in [-0.4, -0.2) is 6.04 Å². The minimum atomic E-state index is 0.0585. The average Bonchev–Trinajstić information content (AvgIpc) is 2.48. The molecule has 0 saturated carbocycles. The fourth-order valence-electron chi connectivity index (χ4n) is 2.00. The van der Waals surface area contributed by atoms with Crippen LogP contribution in [0.5, 0.6) is 0 Å². The van der Waals surface area contributed by atoms with E-state index in [0.29, 0.717) is 10.0 Å². The Kier molecular flexibility index (Phi) is 6.45. The molecule has 2 rings (SSSR count). The lowest BCUT2D eigenvalue weighted by atomic mass is 10.0. The fraction of sp³-hybridized carbons (Fsp3) is 0.250. The maximum Gasteiger partial charge on any atom is 0.0603 e. The molecule has 2 unspecified atom stereocenters. The summed E-state index contributed by atoms with van der Waals surface area (Å²) in [7, 11) is 0. The molecular weight excluding hydrogens is 389 g/mol. The van der Waals surface area contributed by atoms with Gasteiger partial charge in [0.2, 0.25) is 0 Å². The summed E-state index contributed by atoms with van der Waals surface area (Å²) in [6.07, 6.45) is 0.903. The molecule has 0 aliphatic carbocycles. The van der Waals surface area contributed by atoms with Crippen molar-refractivity contribution < 1.29 is 0 Å². The Balaban J connectivity index is 2.33. The Bertz CT molecular complexity index is 621. The largest absolute Gasteiger partial charge is 0.326 e. The minimum Gasteiger partial charge on any atom is -0.326 e. The van der Waals surface area contributed by atoms with Gasteiger partial charge in [0.05, 0.1) is 15.3 Å². The first-order valence-corrected chi connectivity index (χ1v) is 9.07. The van der Waals surface area contributed by atoms with Crippen molar-refractivity contribution in [1.82, 2.24) is 0 Å². The van der Waals surface area contributed by atoms with Crippen LogP contribution < -0.4 is 5.73 Å². The van der Waals surface area contributed by atoms with Crippen molar-refractivity contribution in [3.8, 4) is 0 Å². The fourth-order valence-corrected chi connectivity index (χ4v) is 4.37. The highest BCUT2D eigenvalue weighted by Gasteiger charge is 2.22. The Labute approximate surface area is 148 Å². The highest BCUT2D eigenvalue weighted by molar-refractivity contribution is 9.10. The normalized spacial score (nSPS) is 14.0. The maximum absolute atomic E-state index is 6.33. The van der Waals surface area contributed by atoms with Crippen LogP contribution in [-0.2, 0) is 0 Å². The molecule has 0 aliphatic rings. The van der Waals surface area contributed by atoms with Crippen molar-refractivity contribution in [1.29, 1.82) is 0 Å². The molecule has 0 aliphatic heterocycles. The molecule has 2 aromatic carbocycles. The molecule has 0 radical (unpaired) electrons. The molecule has 1 nitrogen and oxygen atoms in total. The minimum absolute atomic E-state index is 0.0585. The number of hydrogen-bond acceptors (Lipinski definition) is 2. The number of hydrogen-bond donors (Lipinski definition) is 1. The third-order valence-corrected chi connectivity index (χ3v) is 6.07. The Morgan fingerprint density at radius 1 is 1.14 bits per heavy atom. The van der Waals surface area contributed by atoms with Gasteiger partial charge in [0.15, 0.2) is 0 Å². The highest BCUT2D eigenvalue weighted by Crippen LogP contribution is 2.42. The van der Waals surface area contributed by atoms with Crippen LogP contribution in [0.15, 0.2) is 51.8 Å². The summed E-state index contributed by atoms with van der Waals surface area (Å²) in [5.74, 6) is 0. The molecule has 2 aromatic rings. The van der Waals surface area contributed by atoms with E-state index in [1.165, 1.54) is 5.56 Å². The third-order valence-electron chi connectivity index (χ3n) is 3.23. The zero-order valence-corrected chi connectivity index (χ0v) is 15.4. The zero-order chi connectivity index (χ0) is 15.4.